The van der Waals surface area contributed by atoms with E-state index in [0.717, 1.165) is 5.56 Å². The zero-order valence-electron chi connectivity index (χ0n) is 12.8. The number of ether oxygens (including phenoxy) is 1. The number of hydrogen-bond donors (Lipinski definition) is 2. The maximum Gasteiger partial charge on any atom is 0.413 e. The van der Waals surface area contributed by atoms with Gasteiger partial charge in [-0.25, -0.2) is 4.79 Å². The summed E-state index contributed by atoms with van der Waals surface area (Å²) in [5.74, 6) is 0.986. The van der Waals surface area contributed by atoms with Gasteiger partial charge in [-0.2, -0.15) is 5.10 Å². The van der Waals surface area contributed by atoms with E-state index in [4.69, 9.17) is 10.5 Å². The standard InChI is InChI=1S/C13H24N4O2/c1-12(2,3)8-9(14)16-17(7)10(8)15-11(18)19-13(4,5)6/h1-7H3,(H2,14,16)(H,15,18). The number of nitrogens with zero attached hydrogens (tertiary/aromatic N) is 2. The second kappa shape index (κ2) is 4.75. The Balaban J connectivity index is 3.05. The highest BCUT2D eigenvalue weighted by molar-refractivity contribution is 5.86. The largest absolute Gasteiger partial charge is 0.444 e. The molecule has 19 heavy (non-hydrogen) atoms. The highest BCUT2D eigenvalue weighted by Gasteiger charge is 2.28. The first-order valence-electron chi connectivity index (χ1n) is 6.25. The fourth-order valence-corrected chi connectivity index (χ4v) is 1.83. The molecule has 108 valence electrons. The van der Waals surface area contributed by atoms with E-state index in [-0.39, 0.29) is 5.41 Å². The molecule has 0 aliphatic heterocycles. The lowest BCUT2D eigenvalue weighted by Gasteiger charge is -2.22. The zero-order chi connectivity index (χ0) is 15.0. The molecular formula is C13H24N4O2. The molecule has 0 saturated heterocycles. The summed E-state index contributed by atoms with van der Waals surface area (Å²) in [4.78, 5) is 11.9. The first-order valence-corrected chi connectivity index (χ1v) is 6.25. The van der Waals surface area contributed by atoms with Crippen LogP contribution in [0.5, 0.6) is 0 Å². The third-order valence-electron chi connectivity index (χ3n) is 2.44. The second-order valence-corrected chi connectivity index (χ2v) is 6.61. The average molecular weight is 268 g/mol. The van der Waals surface area contributed by atoms with Gasteiger partial charge in [-0.15, -0.1) is 0 Å². The SMILES string of the molecule is Cn1nc(N)c(C(C)(C)C)c1NC(=O)OC(C)(C)C. The molecule has 0 saturated carbocycles. The molecule has 0 aromatic carbocycles. The number of nitrogens with one attached hydrogen (secondary N) is 1. The third kappa shape index (κ3) is 3.87. The maximum atomic E-state index is 11.9. The molecule has 1 aromatic heterocycles. The van der Waals surface area contributed by atoms with Gasteiger partial charge in [0.1, 0.15) is 11.4 Å². The Morgan fingerprint density at radius 2 is 1.79 bits per heavy atom. The molecule has 6 heteroatoms. The van der Waals surface area contributed by atoms with Crippen molar-refractivity contribution in [3.63, 3.8) is 0 Å². The van der Waals surface area contributed by atoms with Crippen molar-refractivity contribution in [3.8, 4) is 0 Å². The van der Waals surface area contributed by atoms with Gasteiger partial charge in [0.15, 0.2) is 5.82 Å². The van der Waals surface area contributed by atoms with Crippen LogP contribution in [0.4, 0.5) is 16.4 Å². The van der Waals surface area contributed by atoms with Gasteiger partial charge in [-0.3, -0.25) is 10.00 Å². The summed E-state index contributed by atoms with van der Waals surface area (Å²) in [6.07, 6.45) is -0.513. The first kappa shape index (κ1) is 15.3. The molecule has 1 amide bonds. The van der Waals surface area contributed by atoms with Crippen molar-refractivity contribution in [1.82, 2.24) is 9.78 Å². The van der Waals surface area contributed by atoms with E-state index in [2.05, 4.69) is 10.4 Å². The monoisotopic (exact) mass is 268 g/mol. The predicted molar refractivity (Wildman–Crippen MR) is 76.2 cm³/mol. The number of anilines is 2. The molecule has 1 heterocycles. The Morgan fingerprint density at radius 3 is 2.21 bits per heavy atom. The fraction of sp³-hybridized carbons (Fsp3) is 0.692. The van der Waals surface area contributed by atoms with Crippen molar-refractivity contribution >= 4 is 17.7 Å². The summed E-state index contributed by atoms with van der Waals surface area (Å²) in [5, 5.41) is 6.87. The molecule has 1 aromatic rings. The van der Waals surface area contributed by atoms with Gasteiger partial charge < -0.3 is 10.5 Å². The van der Waals surface area contributed by atoms with Gasteiger partial charge in [-0.05, 0) is 26.2 Å². The summed E-state index contributed by atoms with van der Waals surface area (Å²) in [6.45, 7) is 11.5. The smallest absolute Gasteiger partial charge is 0.413 e. The second-order valence-electron chi connectivity index (χ2n) is 6.61. The van der Waals surface area contributed by atoms with Crippen molar-refractivity contribution in [1.29, 1.82) is 0 Å². The molecule has 0 aliphatic carbocycles. The van der Waals surface area contributed by atoms with Crippen LogP contribution < -0.4 is 11.1 Å². The highest BCUT2D eigenvalue weighted by Crippen LogP contribution is 2.34. The number of amides is 1. The minimum absolute atomic E-state index is 0.220. The number of nitrogens with two attached hydrogens (primary N) is 1. The molecule has 0 aliphatic rings. The minimum atomic E-state index is -0.546. The van der Waals surface area contributed by atoms with Crippen molar-refractivity contribution in [2.45, 2.75) is 52.6 Å². The van der Waals surface area contributed by atoms with E-state index in [0.29, 0.717) is 11.6 Å². The van der Waals surface area contributed by atoms with Crippen LogP contribution in [0.1, 0.15) is 47.1 Å². The van der Waals surface area contributed by atoms with Crippen LogP contribution in [0.25, 0.3) is 0 Å². The topological polar surface area (TPSA) is 82.2 Å². The first-order chi connectivity index (χ1) is 8.42. The number of hydrogen-bond acceptors (Lipinski definition) is 4. The van der Waals surface area contributed by atoms with E-state index < -0.39 is 11.7 Å². The minimum Gasteiger partial charge on any atom is -0.444 e. The molecule has 0 atom stereocenters. The predicted octanol–water partition coefficient (Wildman–Crippen LogP) is 2.65. The Hall–Kier alpha value is -1.72. The normalized spacial score (nSPS) is 12.4. The number of aromatic nitrogens is 2. The fourth-order valence-electron chi connectivity index (χ4n) is 1.83. The molecule has 0 unspecified atom stereocenters. The highest BCUT2D eigenvalue weighted by atomic mass is 16.6. The van der Waals surface area contributed by atoms with Crippen LogP contribution in [0.2, 0.25) is 0 Å². The molecule has 1 rings (SSSR count). The van der Waals surface area contributed by atoms with Crippen molar-refractivity contribution in [3.05, 3.63) is 5.56 Å². The lowest BCUT2D eigenvalue weighted by molar-refractivity contribution is 0.0634. The molecule has 0 bridgehead atoms. The van der Waals surface area contributed by atoms with Crippen molar-refractivity contribution in [2.75, 3.05) is 11.1 Å². The lowest BCUT2D eigenvalue weighted by atomic mass is 9.88. The number of carbonyl (C=O) groups excluding carboxylic acids is 1. The Morgan fingerprint density at radius 1 is 1.26 bits per heavy atom. The van der Waals surface area contributed by atoms with E-state index in [9.17, 15) is 4.79 Å². The maximum absolute atomic E-state index is 11.9. The Kier molecular flexibility index (Phi) is 3.84. The van der Waals surface area contributed by atoms with E-state index in [1.807, 2.05) is 41.5 Å². The van der Waals surface area contributed by atoms with Gasteiger partial charge in [0, 0.05) is 12.6 Å². The zero-order valence-corrected chi connectivity index (χ0v) is 12.8. The average Bonchev–Trinajstić information content (AvgIpc) is 2.36. The Labute approximate surface area is 114 Å². The number of nitrogen functional groups attached to an aromatic ring is 1. The van der Waals surface area contributed by atoms with Crippen LogP contribution in [0.15, 0.2) is 0 Å². The summed E-state index contributed by atoms with van der Waals surface area (Å²) >= 11 is 0. The van der Waals surface area contributed by atoms with Crippen molar-refractivity contribution in [2.24, 2.45) is 7.05 Å². The van der Waals surface area contributed by atoms with Gasteiger partial charge in [0.05, 0.1) is 0 Å². The quantitative estimate of drug-likeness (QED) is 0.820. The summed E-state index contributed by atoms with van der Waals surface area (Å²) in [5.41, 5.74) is 5.95. The molecular weight excluding hydrogens is 244 g/mol. The van der Waals surface area contributed by atoms with Crippen LogP contribution in [0.3, 0.4) is 0 Å². The van der Waals surface area contributed by atoms with Gasteiger partial charge in [0.25, 0.3) is 0 Å². The summed E-state index contributed by atoms with van der Waals surface area (Å²) in [7, 11) is 1.73. The molecule has 3 N–H and O–H groups in total. The summed E-state index contributed by atoms with van der Waals surface area (Å²) in [6, 6.07) is 0. The van der Waals surface area contributed by atoms with Gasteiger partial charge in [0.2, 0.25) is 0 Å². The molecule has 6 nitrogen and oxygen atoms in total. The molecule has 0 fully saturated rings. The number of carbonyl (C=O) groups is 1. The van der Waals surface area contributed by atoms with Gasteiger partial charge >= 0.3 is 6.09 Å². The summed E-state index contributed by atoms with van der Waals surface area (Å²) < 4.78 is 6.80. The van der Waals surface area contributed by atoms with Crippen LogP contribution in [-0.4, -0.2) is 21.5 Å². The van der Waals surface area contributed by atoms with Crippen LogP contribution >= 0.6 is 0 Å². The Bertz CT molecular complexity index is 478. The molecule has 0 radical (unpaired) electrons. The van der Waals surface area contributed by atoms with E-state index >= 15 is 0 Å². The van der Waals surface area contributed by atoms with Crippen molar-refractivity contribution < 1.29 is 9.53 Å². The van der Waals surface area contributed by atoms with Crippen LogP contribution in [0, 0.1) is 0 Å². The third-order valence-corrected chi connectivity index (χ3v) is 2.44. The van der Waals surface area contributed by atoms with E-state index in [1.54, 1.807) is 11.7 Å². The lowest BCUT2D eigenvalue weighted by Crippen LogP contribution is -2.29. The van der Waals surface area contributed by atoms with Crippen LogP contribution in [-0.2, 0) is 17.2 Å². The number of rotatable bonds is 1. The van der Waals surface area contributed by atoms with E-state index in [1.165, 1.54) is 0 Å². The number of aryl methyl sites for hydroxylation is 1. The van der Waals surface area contributed by atoms with Gasteiger partial charge in [-0.1, -0.05) is 20.8 Å². The molecule has 0 spiro atoms.